The van der Waals surface area contributed by atoms with E-state index < -0.39 is 39.1 Å². The molecule has 6 N–H and O–H groups in total. The number of hydrogen-bond donors (Lipinski definition) is 6. The maximum absolute atomic E-state index is 10.1. The van der Waals surface area contributed by atoms with Gasteiger partial charge in [0.2, 0.25) is 6.29 Å². The van der Waals surface area contributed by atoms with Crippen LogP contribution >= 0.6 is 20.3 Å². The van der Waals surface area contributed by atoms with Gasteiger partial charge in [-0.1, -0.05) is 11.9 Å². The molecule has 0 saturated carbocycles. The first kappa shape index (κ1) is 22.2. The summed E-state index contributed by atoms with van der Waals surface area (Å²) >= 11 is 1.48. The summed E-state index contributed by atoms with van der Waals surface area (Å²) < 4.78 is 14.3. The third-order valence-corrected chi connectivity index (χ3v) is 5.37. The summed E-state index contributed by atoms with van der Waals surface area (Å²) in [7, 11) is -2.14. The number of ether oxygens (including phenoxy) is 2. The van der Waals surface area contributed by atoms with E-state index in [1.54, 1.807) is 24.3 Å². The van der Waals surface area contributed by atoms with E-state index in [-0.39, 0.29) is 12.6 Å². The Kier molecular flexibility index (Phi) is 9.09. The van der Waals surface area contributed by atoms with Gasteiger partial charge in [-0.25, -0.2) is 0 Å². The van der Waals surface area contributed by atoms with E-state index in [9.17, 15) is 15.3 Å². The van der Waals surface area contributed by atoms with Crippen molar-refractivity contribution in [3.63, 3.8) is 0 Å². The summed E-state index contributed by atoms with van der Waals surface area (Å²) in [4.78, 5) is 18.1. The first-order valence-electron chi connectivity index (χ1n) is 8.35. The standard InChI is InChI=1S/C17H24NO7PS/c1-2-3-10-27-18-11-4-6-12(7-5-11)24-17-16(21)15(20)14(19)13(25-17)8-9-26(22)23/h1,4-7,13-23H,3,8-10H2/t13?,14-,15?,16?,17+/m1/s1. The molecule has 1 aromatic rings. The van der Waals surface area contributed by atoms with Crippen molar-refractivity contribution in [1.29, 1.82) is 0 Å². The van der Waals surface area contributed by atoms with Crippen molar-refractivity contribution in [3.05, 3.63) is 24.3 Å². The number of nitrogens with one attached hydrogen (secondary N) is 1. The average Bonchev–Trinajstić information content (AvgIpc) is 2.66. The number of aliphatic hydroxyl groups excluding tert-OH is 3. The molecule has 0 radical (unpaired) electrons. The summed E-state index contributed by atoms with van der Waals surface area (Å²) in [6, 6.07) is 6.91. The van der Waals surface area contributed by atoms with Crippen LogP contribution in [0.1, 0.15) is 12.8 Å². The molecule has 0 amide bonds. The maximum atomic E-state index is 10.1. The van der Waals surface area contributed by atoms with Crippen molar-refractivity contribution < 1.29 is 34.6 Å². The zero-order chi connectivity index (χ0) is 19.8. The molecule has 0 aliphatic carbocycles. The highest BCUT2D eigenvalue weighted by Gasteiger charge is 2.44. The lowest BCUT2D eigenvalue weighted by Crippen LogP contribution is -2.59. The van der Waals surface area contributed by atoms with Crippen molar-refractivity contribution in [2.24, 2.45) is 0 Å². The van der Waals surface area contributed by atoms with Crippen LogP contribution in [-0.2, 0) is 4.74 Å². The Morgan fingerprint density at radius 1 is 1.15 bits per heavy atom. The van der Waals surface area contributed by atoms with Gasteiger partial charge in [0, 0.05) is 24.0 Å². The first-order valence-corrected chi connectivity index (χ1v) is 10.8. The summed E-state index contributed by atoms with van der Waals surface area (Å²) in [6.45, 7) is 0. The lowest BCUT2D eigenvalue weighted by Gasteiger charge is -2.40. The van der Waals surface area contributed by atoms with E-state index >= 15 is 0 Å². The second-order valence-electron chi connectivity index (χ2n) is 5.95. The van der Waals surface area contributed by atoms with Crippen LogP contribution in [0.5, 0.6) is 5.75 Å². The molecule has 3 unspecified atom stereocenters. The Morgan fingerprint density at radius 3 is 2.48 bits per heavy atom. The van der Waals surface area contributed by atoms with Gasteiger partial charge in [-0.2, -0.15) is 0 Å². The van der Waals surface area contributed by atoms with Gasteiger partial charge in [0.25, 0.3) is 0 Å². The molecular formula is C17H24NO7PS. The second kappa shape index (κ2) is 11.1. The van der Waals surface area contributed by atoms with Crippen molar-refractivity contribution in [1.82, 2.24) is 0 Å². The average molecular weight is 417 g/mol. The lowest BCUT2D eigenvalue weighted by molar-refractivity contribution is -0.272. The molecule has 0 aromatic heterocycles. The van der Waals surface area contributed by atoms with Crippen molar-refractivity contribution in [2.45, 2.75) is 43.5 Å². The van der Waals surface area contributed by atoms with Gasteiger partial charge in [0.15, 0.2) is 8.38 Å². The zero-order valence-corrected chi connectivity index (χ0v) is 16.2. The van der Waals surface area contributed by atoms with E-state index in [0.717, 1.165) is 11.4 Å². The van der Waals surface area contributed by atoms with Crippen LogP contribution in [-0.4, -0.2) is 67.7 Å². The molecule has 2 rings (SSSR count). The first-order chi connectivity index (χ1) is 12.9. The van der Waals surface area contributed by atoms with Crippen LogP contribution in [0.4, 0.5) is 5.69 Å². The molecule has 1 heterocycles. The lowest BCUT2D eigenvalue weighted by atomic mass is 9.97. The molecule has 5 atom stereocenters. The third kappa shape index (κ3) is 6.79. The van der Waals surface area contributed by atoms with Crippen LogP contribution in [0.3, 0.4) is 0 Å². The second-order valence-corrected chi connectivity index (χ2v) is 8.04. The Bertz CT molecular complexity index is 612. The van der Waals surface area contributed by atoms with Crippen LogP contribution in [0.25, 0.3) is 0 Å². The number of rotatable bonds is 9. The fraction of sp³-hybridized carbons (Fsp3) is 0.529. The highest BCUT2D eigenvalue weighted by atomic mass is 32.2. The summed E-state index contributed by atoms with van der Waals surface area (Å²) in [5.74, 6) is 3.74. The van der Waals surface area contributed by atoms with Gasteiger partial charge in [0.05, 0.1) is 6.10 Å². The highest BCUT2D eigenvalue weighted by Crippen LogP contribution is 2.31. The van der Waals surface area contributed by atoms with Crippen molar-refractivity contribution in [3.8, 4) is 18.1 Å². The minimum Gasteiger partial charge on any atom is -0.462 e. The van der Waals surface area contributed by atoms with Gasteiger partial charge in [-0.15, -0.1) is 12.3 Å². The topological polar surface area (TPSA) is 132 Å². The smallest absolute Gasteiger partial charge is 0.229 e. The molecule has 1 aromatic carbocycles. The SMILES string of the molecule is C#CCCSNc1ccc(O[C@H]2OC(CCP(O)O)[C@@H](O)C(O)C2O)cc1. The normalized spacial score (nSPS) is 28.0. The molecule has 10 heteroatoms. The Balaban J connectivity index is 1.93. The number of anilines is 1. The van der Waals surface area contributed by atoms with Crippen LogP contribution in [0.15, 0.2) is 24.3 Å². The summed E-state index contributed by atoms with van der Waals surface area (Å²) in [5, 5.41) is 30.1. The third-order valence-electron chi connectivity index (χ3n) is 3.93. The van der Waals surface area contributed by atoms with E-state index in [1.807, 2.05) is 0 Å². The Morgan fingerprint density at radius 2 is 1.85 bits per heavy atom. The van der Waals surface area contributed by atoms with E-state index in [2.05, 4.69) is 10.6 Å². The quantitative estimate of drug-likeness (QED) is 0.148. The van der Waals surface area contributed by atoms with Crippen LogP contribution in [0, 0.1) is 12.3 Å². The molecule has 150 valence electrons. The van der Waals surface area contributed by atoms with E-state index in [0.29, 0.717) is 12.2 Å². The number of aliphatic hydroxyl groups is 3. The summed E-state index contributed by atoms with van der Waals surface area (Å²) in [6.07, 6.45) is -0.347. The molecule has 8 nitrogen and oxygen atoms in total. The molecular weight excluding hydrogens is 393 g/mol. The monoisotopic (exact) mass is 417 g/mol. The Hall–Kier alpha value is -1.08. The molecule has 0 spiro atoms. The minimum absolute atomic E-state index is 0.0182. The minimum atomic E-state index is -2.14. The molecule has 27 heavy (non-hydrogen) atoms. The molecule has 1 aliphatic heterocycles. The van der Waals surface area contributed by atoms with Gasteiger partial charge >= 0.3 is 0 Å². The molecule has 0 bridgehead atoms. The predicted octanol–water partition coefficient (Wildman–Crippen LogP) is 0.643. The predicted molar refractivity (Wildman–Crippen MR) is 104 cm³/mol. The van der Waals surface area contributed by atoms with Gasteiger partial charge < -0.3 is 39.3 Å². The summed E-state index contributed by atoms with van der Waals surface area (Å²) in [5.41, 5.74) is 0.849. The van der Waals surface area contributed by atoms with Gasteiger partial charge in [0.1, 0.15) is 24.1 Å². The molecule has 1 fully saturated rings. The van der Waals surface area contributed by atoms with Crippen molar-refractivity contribution in [2.75, 3.05) is 16.6 Å². The maximum Gasteiger partial charge on any atom is 0.229 e. The van der Waals surface area contributed by atoms with Crippen LogP contribution in [0.2, 0.25) is 0 Å². The largest absolute Gasteiger partial charge is 0.462 e. The fourth-order valence-corrected chi connectivity index (χ4v) is 3.59. The van der Waals surface area contributed by atoms with E-state index in [1.165, 1.54) is 11.9 Å². The van der Waals surface area contributed by atoms with E-state index in [4.69, 9.17) is 25.7 Å². The van der Waals surface area contributed by atoms with Gasteiger partial charge in [-0.05, 0) is 30.7 Å². The number of benzene rings is 1. The zero-order valence-electron chi connectivity index (χ0n) is 14.5. The molecule has 1 saturated heterocycles. The fourth-order valence-electron chi connectivity index (χ4n) is 2.48. The number of hydrogen-bond acceptors (Lipinski definition) is 9. The molecule has 1 aliphatic rings. The number of terminal acetylenes is 1. The highest BCUT2D eigenvalue weighted by molar-refractivity contribution is 8.00. The van der Waals surface area contributed by atoms with Gasteiger partial charge in [-0.3, -0.25) is 0 Å². The van der Waals surface area contributed by atoms with Crippen LogP contribution < -0.4 is 9.46 Å². The van der Waals surface area contributed by atoms with Crippen molar-refractivity contribution >= 4 is 26.0 Å². The Labute approximate surface area is 163 Å².